The molecule has 0 spiro atoms. The van der Waals surface area contributed by atoms with Crippen LogP contribution in [0.5, 0.6) is 0 Å². The fourth-order valence-corrected chi connectivity index (χ4v) is 3.93. The molecule has 2 aromatic rings. The fraction of sp³-hybridized carbons (Fsp3) is 0.429. The summed E-state index contributed by atoms with van der Waals surface area (Å²) in [5, 5.41) is 3.41. The quantitative estimate of drug-likeness (QED) is 0.754. The van der Waals surface area contributed by atoms with E-state index in [2.05, 4.69) is 5.32 Å². The second kappa shape index (κ2) is 8.27. The third-order valence-corrected chi connectivity index (χ3v) is 6.54. The van der Waals surface area contributed by atoms with Crippen LogP contribution in [0.2, 0.25) is 0 Å². The first kappa shape index (κ1) is 22.5. The molecule has 0 radical (unpaired) electrons. The van der Waals surface area contributed by atoms with Crippen LogP contribution in [0.1, 0.15) is 50.9 Å². The van der Waals surface area contributed by atoms with E-state index in [-0.39, 0.29) is 22.4 Å². The summed E-state index contributed by atoms with van der Waals surface area (Å²) >= 11 is 0. The lowest BCUT2D eigenvalue weighted by atomic mass is 9.81. The van der Waals surface area contributed by atoms with Gasteiger partial charge in [0.25, 0.3) is 0 Å². The molecule has 0 aliphatic carbocycles. The second-order valence-corrected chi connectivity index (χ2v) is 10.4. The average Bonchev–Trinajstić information content (AvgIpc) is 2.59. The Balaban J connectivity index is 2.30. The number of sulfonamides is 1. The van der Waals surface area contributed by atoms with Crippen molar-refractivity contribution in [1.29, 1.82) is 0 Å². The Morgan fingerprint density at radius 3 is 2.04 bits per heavy atom. The van der Waals surface area contributed by atoms with Crippen LogP contribution in [0, 0.1) is 17.0 Å². The van der Waals surface area contributed by atoms with Gasteiger partial charge in [-0.15, -0.1) is 0 Å². The molecule has 2 atom stereocenters. The van der Waals surface area contributed by atoms with Gasteiger partial charge in [-0.2, -0.15) is 0 Å². The molecule has 0 heterocycles. The highest BCUT2D eigenvalue weighted by Crippen LogP contribution is 2.36. The molecule has 0 fully saturated rings. The van der Waals surface area contributed by atoms with Crippen molar-refractivity contribution in [2.75, 3.05) is 14.1 Å². The monoisotopic (exact) mass is 410 g/mol. The fourth-order valence-electron chi connectivity index (χ4n) is 3.03. The summed E-state index contributed by atoms with van der Waals surface area (Å²) in [6, 6.07) is 9.68. The summed E-state index contributed by atoms with van der Waals surface area (Å²) in [5.41, 5.74) is 0.934. The number of nitrogens with zero attached hydrogens (tertiary/aromatic N) is 1. The van der Waals surface area contributed by atoms with E-state index in [1.165, 1.54) is 26.2 Å². The van der Waals surface area contributed by atoms with Crippen molar-refractivity contribution in [2.24, 2.45) is 5.41 Å². The van der Waals surface area contributed by atoms with Gasteiger partial charge in [0.2, 0.25) is 10.0 Å². The number of rotatable bonds is 6. The molecule has 7 heteroatoms. The summed E-state index contributed by atoms with van der Waals surface area (Å²) in [6.07, 6.45) is 0. The molecule has 1 N–H and O–H groups in total. The molecule has 0 aromatic heterocycles. The van der Waals surface area contributed by atoms with Crippen LogP contribution in [0.4, 0.5) is 8.78 Å². The Morgan fingerprint density at radius 2 is 1.57 bits per heavy atom. The zero-order valence-electron chi connectivity index (χ0n) is 17.1. The third kappa shape index (κ3) is 4.96. The maximum Gasteiger partial charge on any atom is 0.242 e. The zero-order chi connectivity index (χ0) is 21.3. The molecule has 28 heavy (non-hydrogen) atoms. The minimum absolute atomic E-state index is 0.176. The van der Waals surface area contributed by atoms with E-state index in [4.69, 9.17) is 0 Å². The lowest BCUT2D eigenvalue weighted by Crippen LogP contribution is -2.34. The standard InChI is InChI=1S/C21H28F2N2O2S/c1-14(15-7-10-17(11-8-15)28(26,27)25(5)6)24-20(21(2,3)4)18-12-9-16(22)13-19(18)23/h7-14,20,24H,1-6H3. The molecule has 0 amide bonds. The minimum Gasteiger partial charge on any atom is -0.303 e. The molecule has 154 valence electrons. The van der Waals surface area contributed by atoms with Gasteiger partial charge in [-0.1, -0.05) is 39.0 Å². The highest BCUT2D eigenvalue weighted by Gasteiger charge is 2.30. The predicted molar refractivity (Wildman–Crippen MR) is 107 cm³/mol. The first-order valence-electron chi connectivity index (χ1n) is 9.07. The lowest BCUT2D eigenvalue weighted by molar-refractivity contribution is 0.248. The first-order chi connectivity index (χ1) is 12.8. The maximum atomic E-state index is 14.4. The van der Waals surface area contributed by atoms with E-state index >= 15 is 0 Å². The Kier molecular flexibility index (Phi) is 6.63. The van der Waals surface area contributed by atoms with Gasteiger partial charge in [0.15, 0.2) is 0 Å². The Labute approximate surface area is 166 Å². The normalized spacial score (nSPS) is 14.9. The summed E-state index contributed by atoms with van der Waals surface area (Å²) in [4.78, 5) is 0.213. The number of nitrogens with one attached hydrogen (secondary N) is 1. The Hall–Kier alpha value is -1.83. The number of halogens is 2. The summed E-state index contributed by atoms with van der Waals surface area (Å²) in [7, 11) is -0.521. The molecular formula is C21H28F2N2O2S. The van der Waals surface area contributed by atoms with E-state index < -0.39 is 21.7 Å². The lowest BCUT2D eigenvalue weighted by Gasteiger charge is -2.35. The van der Waals surface area contributed by atoms with Gasteiger partial charge in [0.05, 0.1) is 4.90 Å². The van der Waals surface area contributed by atoms with Crippen molar-refractivity contribution in [3.8, 4) is 0 Å². The molecule has 0 aliphatic heterocycles. The molecule has 2 rings (SSSR count). The molecule has 2 aromatic carbocycles. The van der Waals surface area contributed by atoms with Crippen molar-refractivity contribution in [1.82, 2.24) is 9.62 Å². The zero-order valence-corrected chi connectivity index (χ0v) is 17.9. The number of hydrogen-bond acceptors (Lipinski definition) is 3. The van der Waals surface area contributed by atoms with Crippen LogP contribution in [0.3, 0.4) is 0 Å². The highest BCUT2D eigenvalue weighted by atomic mass is 32.2. The van der Waals surface area contributed by atoms with Crippen molar-refractivity contribution in [2.45, 2.75) is 44.7 Å². The van der Waals surface area contributed by atoms with Gasteiger partial charge >= 0.3 is 0 Å². The van der Waals surface area contributed by atoms with Gasteiger partial charge in [0.1, 0.15) is 11.6 Å². The van der Waals surface area contributed by atoms with Crippen molar-refractivity contribution in [3.63, 3.8) is 0 Å². The van der Waals surface area contributed by atoms with Crippen LogP contribution in [0.15, 0.2) is 47.4 Å². The van der Waals surface area contributed by atoms with E-state index in [1.54, 1.807) is 24.3 Å². The maximum absolute atomic E-state index is 14.4. The van der Waals surface area contributed by atoms with Gasteiger partial charge in [-0.25, -0.2) is 21.5 Å². The first-order valence-corrected chi connectivity index (χ1v) is 10.5. The molecule has 0 saturated heterocycles. The molecular weight excluding hydrogens is 382 g/mol. The Morgan fingerprint density at radius 1 is 1.00 bits per heavy atom. The molecule has 0 bridgehead atoms. The van der Waals surface area contributed by atoms with Crippen LogP contribution in [0.25, 0.3) is 0 Å². The molecule has 0 aliphatic rings. The molecule has 0 saturated carbocycles. The smallest absolute Gasteiger partial charge is 0.242 e. The van der Waals surface area contributed by atoms with Crippen LogP contribution < -0.4 is 5.32 Å². The molecule has 2 unspecified atom stereocenters. The van der Waals surface area contributed by atoms with Crippen LogP contribution in [-0.4, -0.2) is 26.8 Å². The topological polar surface area (TPSA) is 49.4 Å². The van der Waals surface area contributed by atoms with E-state index in [9.17, 15) is 17.2 Å². The SMILES string of the molecule is CC(NC(c1ccc(F)cc1F)C(C)(C)C)c1ccc(S(=O)(=O)N(C)C)cc1. The van der Waals surface area contributed by atoms with Gasteiger partial charge in [-0.3, -0.25) is 0 Å². The van der Waals surface area contributed by atoms with E-state index in [1.807, 2.05) is 27.7 Å². The van der Waals surface area contributed by atoms with Crippen LogP contribution in [-0.2, 0) is 10.0 Å². The van der Waals surface area contributed by atoms with Gasteiger partial charge in [-0.05, 0) is 36.1 Å². The second-order valence-electron chi connectivity index (χ2n) is 8.21. The Bertz CT molecular complexity index is 920. The van der Waals surface area contributed by atoms with Crippen molar-refractivity contribution >= 4 is 10.0 Å². The number of hydrogen-bond donors (Lipinski definition) is 1. The van der Waals surface area contributed by atoms with Crippen molar-refractivity contribution in [3.05, 3.63) is 65.2 Å². The van der Waals surface area contributed by atoms with E-state index in [0.29, 0.717) is 5.56 Å². The largest absolute Gasteiger partial charge is 0.303 e. The summed E-state index contributed by atoms with van der Waals surface area (Å²) in [6.45, 7) is 7.86. The predicted octanol–water partition coefficient (Wildman–Crippen LogP) is 4.65. The molecule has 4 nitrogen and oxygen atoms in total. The third-order valence-electron chi connectivity index (χ3n) is 4.71. The summed E-state index contributed by atoms with van der Waals surface area (Å²) < 4.78 is 53.3. The number of benzene rings is 2. The van der Waals surface area contributed by atoms with Crippen LogP contribution >= 0.6 is 0 Å². The summed E-state index contributed by atoms with van der Waals surface area (Å²) in [5.74, 6) is -1.20. The average molecular weight is 411 g/mol. The van der Waals surface area contributed by atoms with Gasteiger partial charge < -0.3 is 5.32 Å². The van der Waals surface area contributed by atoms with E-state index in [0.717, 1.165) is 15.9 Å². The minimum atomic E-state index is -3.49. The van der Waals surface area contributed by atoms with Gasteiger partial charge in [0, 0.05) is 37.8 Å². The van der Waals surface area contributed by atoms with Crippen molar-refractivity contribution < 1.29 is 17.2 Å². The highest BCUT2D eigenvalue weighted by molar-refractivity contribution is 7.89.